The summed E-state index contributed by atoms with van der Waals surface area (Å²) in [5, 5.41) is 5.41. The monoisotopic (exact) mass is 475 g/mol. The van der Waals surface area contributed by atoms with Crippen LogP contribution in [0.25, 0.3) is 11.4 Å². The van der Waals surface area contributed by atoms with Crippen molar-refractivity contribution in [1.29, 1.82) is 0 Å². The van der Waals surface area contributed by atoms with Gasteiger partial charge in [-0.05, 0) is 38.5 Å². The van der Waals surface area contributed by atoms with Crippen LogP contribution in [0.1, 0.15) is 25.1 Å². The van der Waals surface area contributed by atoms with Crippen LogP contribution in [0.4, 0.5) is 22.4 Å². The molecular weight excluding hydrogens is 446 g/mol. The molecule has 0 bridgehead atoms. The SMILES string of the molecule is CCNC(=O)Nc1ccc(-c2nc3c(c(N4CCOC[C@@H]4C)n2)CCN(c2ncccn2)C3)cn1. The molecule has 0 aromatic carbocycles. The summed E-state index contributed by atoms with van der Waals surface area (Å²) < 4.78 is 5.67. The van der Waals surface area contributed by atoms with Gasteiger partial charge in [0, 0.05) is 49.4 Å². The Morgan fingerprint density at radius 3 is 2.77 bits per heavy atom. The van der Waals surface area contributed by atoms with Gasteiger partial charge in [0.25, 0.3) is 0 Å². The topological polar surface area (TPSA) is 121 Å². The lowest BCUT2D eigenvalue weighted by molar-refractivity contribution is 0.0984. The fourth-order valence-electron chi connectivity index (χ4n) is 4.37. The third-order valence-corrected chi connectivity index (χ3v) is 6.12. The maximum atomic E-state index is 11.8. The summed E-state index contributed by atoms with van der Waals surface area (Å²) in [4.78, 5) is 39.5. The van der Waals surface area contributed by atoms with Gasteiger partial charge >= 0.3 is 6.03 Å². The highest BCUT2D eigenvalue weighted by atomic mass is 16.5. The number of carbonyl (C=O) groups is 1. The molecule has 0 saturated carbocycles. The fraction of sp³-hybridized carbons (Fsp3) is 0.417. The number of rotatable bonds is 5. The molecule has 0 aliphatic carbocycles. The second-order valence-electron chi connectivity index (χ2n) is 8.55. The van der Waals surface area contributed by atoms with Gasteiger partial charge in [0.05, 0.1) is 31.5 Å². The lowest BCUT2D eigenvalue weighted by Crippen LogP contribution is -2.45. The first-order chi connectivity index (χ1) is 17.1. The van der Waals surface area contributed by atoms with E-state index in [1.165, 1.54) is 0 Å². The molecule has 3 aromatic heterocycles. The zero-order chi connectivity index (χ0) is 24.2. The average molecular weight is 476 g/mol. The van der Waals surface area contributed by atoms with E-state index in [1.807, 2.05) is 19.1 Å². The molecule has 11 nitrogen and oxygen atoms in total. The number of hydrogen-bond acceptors (Lipinski definition) is 9. The lowest BCUT2D eigenvalue weighted by Gasteiger charge is -2.37. The molecule has 2 aliphatic heterocycles. The maximum absolute atomic E-state index is 11.8. The number of carbonyl (C=O) groups excluding carboxylic acids is 1. The Kier molecular flexibility index (Phi) is 6.66. The number of nitrogens with zero attached hydrogens (tertiary/aromatic N) is 7. The van der Waals surface area contributed by atoms with E-state index in [2.05, 4.69) is 42.3 Å². The normalized spacial score (nSPS) is 17.6. The number of ether oxygens (including phenoxy) is 1. The van der Waals surface area contributed by atoms with Crippen LogP contribution in [0.15, 0.2) is 36.8 Å². The number of amides is 2. The van der Waals surface area contributed by atoms with E-state index >= 15 is 0 Å². The van der Waals surface area contributed by atoms with Crippen LogP contribution in [0.5, 0.6) is 0 Å². The van der Waals surface area contributed by atoms with Crippen molar-refractivity contribution >= 4 is 23.6 Å². The van der Waals surface area contributed by atoms with Gasteiger partial charge in [-0.2, -0.15) is 0 Å². The maximum Gasteiger partial charge on any atom is 0.320 e. The Morgan fingerprint density at radius 2 is 2.03 bits per heavy atom. The molecule has 0 spiro atoms. The quantitative estimate of drug-likeness (QED) is 0.572. The Bertz CT molecular complexity index is 1170. The van der Waals surface area contributed by atoms with Crippen molar-refractivity contribution in [2.24, 2.45) is 0 Å². The molecule has 5 heterocycles. The minimum atomic E-state index is -0.287. The Balaban J connectivity index is 1.49. The number of nitrogens with one attached hydrogen (secondary N) is 2. The zero-order valence-electron chi connectivity index (χ0n) is 19.9. The van der Waals surface area contributed by atoms with Gasteiger partial charge in [0.15, 0.2) is 5.82 Å². The van der Waals surface area contributed by atoms with Gasteiger partial charge in [-0.1, -0.05) is 0 Å². The van der Waals surface area contributed by atoms with Gasteiger partial charge < -0.3 is 19.9 Å². The van der Waals surface area contributed by atoms with E-state index in [9.17, 15) is 4.79 Å². The summed E-state index contributed by atoms with van der Waals surface area (Å²) in [5.41, 5.74) is 2.91. The molecule has 5 rings (SSSR count). The van der Waals surface area contributed by atoms with Crippen LogP contribution in [0.3, 0.4) is 0 Å². The van der Waals surface area contributed by atoms with E-state index < -0.39 is 0 Å². The van der Waals surface area contributed by atoms with Crippen molar-refractivity contribution in [3.8, 4) is 11.4 Å². The Hall–Kier alpha value is -3.86. The molecule has 2 aliphatic rings. The molecule has 2 amide bonds. The number of pyridine rings is 1. The van der Waals surface area contributed by atoms with Crippen LogP contribution < -0.4 is 20.4 Å². The second-order valence-corrected chi connectivity index (χ2v) is 8.55. The third kappa shape index (κ3) is 4.99. The predicted octanol–water partition coefficient (Wildman–Crippen LogP) is 2.26. The smallest absolute Gasteiger partial charge is 0.320 e. The molecule has 1 fully saturated rings. The Morgan fingerprint density at radius 1 is 1.17 bits per heavy atom. The number of hydrogen-bond donors (Lipinski definition) is 2. The summed E-state index contributed by atoms with van der Waals surface area (Å²) in [5.74, 6) is 2.72. The molecule has 1 atom stereocenters. The summed E-state index contributed by atoms with van der Waals surface area (Å²) in [6, 6.07) is 5.38. The van der Waals surface area contributed by atoms with E-state index in [-0.39, 0.29) is 12.1 Å². The van der Waals surface area contributed by atoms with E-state index in [0.29, 0.717) is 43.9 Å². The van der Waals surface area contributed by atoms with Crippen LogP contribution in [0.2, 0.25) is 0 Å². The molecule has 0 unspecified atom stereocenters. The summed E-state index contributed by atoms with van der Waals surface area (Å²) >= 11 is 0. The van der Waals surface area contributed by atoms with Crippen molar-refractivity contribution in [1.82, 2.24) is 30.2 Å². The molecule has 2 N–H and O–H groups in total. The third-order valence-electron chi connectivity index (χ3n) is 6.12. The molecular formula is C24H29N9O2. The van der Waals surface area contributed by atoms with Gasteiger partial charge in [-0.25, -0.2) is 29.7 Å². The van der Waals surface area contributed by atoms with Gasteiger partial charge in [0.2, 0.25) is 5.95 Å². The molecule has 11 heteroatoms. The standard InChI is InChI=1S/C24H29N9O2/c1-3-25-24(34)30-20-6-5-17(13-28-20)21-29-19-14-32(23-26-8-4-9-27-23)10-7-18(19)22(31-21)33-11-12-35-15-16(33)2/h4-6,8-9,13,16H,3,7,10-12,14-15H2,1-2H3,(H2,25,28,30,34)/t16-/m0/s1. The van der Waals surface area contributed by atoms with Crippen molar-refractivity contribution in [2.75, 3.05) is 48.0 Å². The lowest BCUT2D eigenvalue weighted by atomic mass is 10.0. The molecule has 3 aromatic rings. The minimum absolute atomic E-state index is 0.216. The largest absolute Gasteiger partial charge is 0.377 e. The zero-order valence-corrected chi connectivity index (χ0v) is 19.9. The van der Waals surface area contributed by atoms with E-state index in [4.69, 9.17) is 14.7 Å². The highest BCUT2D eigenvalue weighted by Gasteiger charge is 2.29. The fourth-order valence-corrected chi connectivity index (χ4v) is 4.37. The highest BCUT2D eigenvalue weighted by molar-refractivity contribution is 5.88. The van der Waals surface area contributed by atoms with Crippen LogP contribution >= 0.6 is 0 Å². The molecule has 1 saturated heterocycles. The number of anilines is 3. The van der Waals surface area contributed by atoms with Gasteiger partial charge in [-0.15, -0.1) is 0 Å². The Labute approximate surface area is 204 Å². The van der Waals surface area contributed by atoms with Gasteiger partial charge in [0.1, 0.15) is 11.6 Å². The van der Waals surface area contributed by atoms with Crippen molar-refractivity contribution < 1.29 is 9.53 Å². The van der Waals surface area contributed by atoms with Crippen molar-refractivity contribution in [2.45, 2.75) is 32.9 Å². The minimum Gasteiger partial charge on any atom is -0.377 e. The first-order valence-electron chi connectivity index (χ1n) is 11.9. The van der Waals surface area contributed by atoms with Crippen molar-refractivity contribution in [3.05, 3.63) is 48.0 Å². The number of fused-ring (bicyclic) bond motifs is 1. The van der Waals surface area contributed by atoms with Crippen LogP contribution in [0, 0.1) is 0 Å². The number of urea groups is 1. The summed E-state index contributed by atoms with van der Waals surface area (Å²) in [6.07, 6.45) is 6.01. The van der Waals surface area contributed by atoms with Crippen molar-refractivity contribution in [3.63, 3.8) is 0 Å². The molecule has 0 radical (unpaired) electrons. The summed E-state index contributed by atoms with van der Waals surface area (Å²) in [7, 11) is 0. The predicted molar refractivity (Wildman–Crippen MR) is 132 cm³/mol. The number of morpholine rings is 1. The van der Waals surface area contributed by atoms with E-state index in [0.717, 1.165) is 42.1 Å². The average Bonchev–Trinajstić information content (AvgIpc) is 2.89. The highest BCUT2D eigenvalue weighted by Crippen LogP contribution is 2.32. The first-order valence-corrected chi connectivity index (χ1v) is 11.9. The molecule has 182 valence electrons. The number of aromatic nitrogens is 5. The van der Waals surface area contributed by atoms with Crippen LogP contribution in [-0.4, -0.2) is 69.8 Å². The first kappa shape index (κ1) is 22.9. The van der Waals surface area contributed by atoms with Gasteiger partial charge in [-0.3, -0.25) is 5.32 Å². The van der Waals surface area contributed by atoms with E-state index in [1.54, 1.807) is 24.7 Å². The van der Waals surface area contributed by atoms with Crippen LogP contribution in [-0.2, 0) is 17.7 Å². The molecule has 35 heavy (non-hydrogen) atoms. The second kappa shape index (κ2) is 10.2. The summed E-state index contributed by atoms with van der Waals surface area (Å²) in [6.45, 7) is 8.08.